The molecule has 0 spiro atoms. The number of halogens is 1. The first kappa shape index (κ1) is 22.0. The van der Waals surface area contributed by atoms with Gasteiger partial charge in [-0.25, -0.2) is 8.42 Å². The van der Waals surface area contributed by atoms with Crippen LogP contribution in [0, 0.1) is 0 Å². The van der Waals surface area contributed by atoms with Crippen molar-refractivity contribution < 1.29 is 22.7 Å². The second-order valence-corrected chi connectivity index (χ2v) is 9.84. The summed E-state index contributed by atoms with van der Waals surface area (Å²) in [7, 11) is -3.87. The number of carbonyl (C=O) groups excluding carboxylic acids is 2. The van der Waals surface area contributed by atoms with Gasteiger partial charge in [0.25, 0.3) is 5.91 Å². The Kier molecular flexibility index (Phi) is 6.52. The molecule has 0 radical (unpaired) electrons. The van der Waals surface area contributed by atoms with Gasteiger partial charge in [0, 0.05) is 51.8 Å². The van der Waals surface area contributed by atoms with Crippen molar-refractivity contribution >= 4 is 33.4 Å². The van der Waals surface area contributed by atoms with E-state index in [9.17, 15) is 18.0 Å². The molecule has 0 bridgehead atoms. The Morgan fingerprint density at radius 3 is 2.14 bits per heavy atom. The van der Waals surface area contributed by atoms with E-state index in [1.54, 1.807) is 9.80 Å². The maximum absolute atomic E-state index is 13.2. The molecule has 3 rings (SSSR count). The highest BCUT2D eigenvalue weighted by atomic mass is 35.5. The van der Waals surface area contributed by atoms with E-state index in [0.717, 1.165) is 0 Å². The van der Waals surface area contributed by atoms with E-state index in [1.165, 1.54) is 29.4 Å². The number of benzene rings is 1. The van der Waals surface area contributed by atoms with E-state index in [1.807, 2.05) is 13.8 Å². The van der Waals surface area contributed by atoms with Crippen LogP contribution in [-0.2, 0) is 19.6 Å². The van der Waals surface area contributed by atoms with Crippen molar-refractivity contribution in [2.45, 2.75) is 37.9 Å². The van der Waals surface area contributed by atoms with Crippen LogP contribution in [0.4, 0.5) is 0 Å². The molecule has 0 N–H and O–H groups in total. The van der Waals surface area contributed by atoms with Crippen LogP contribution in [0.25, 0.3) is 0 Å². The minimum Gasteiger partial charge on any atom is -0.373 e. The molecule has 1 aromatic rings. The van der Waals surface area contributed by atoms with Crippen molar-refractivity contribution in [2.75, 3.05) is 39.3 Å². The standard InChI is InChI=1S/C19H26ClN3O5S/c1-13-11-23(12-14(2)28-13)29(26,27)18-10-16(4-5-17(18)20)19(25)22-8-6-21(7-9-22)15(3)24/h4-5,10,13-14H,6-9,11-12H2,1-3H3/t13-,14-/m1/s1. The van der Waals surface area contributed by atoms with Crippen molar-refractivity contribution in [3.8, 4) is 0 Å². The largest absolute Gasteiger partial charge is 0.373 e. The normalized spacial score (nSPS) is 23.9. The smallest absolute Gasteiger partial charge is 0.254 e. The molecule has 0 unspecified atom stereocenters. The van der Waals surface area contributed by atoms with Gasteiger partial charge < -0.3 is 14.5 Å². The third-order valence-electron chi connectivity index (χ3n) is 5.19. The Morgan fingerprint density at radius 1 is 1.03 bits per heavy atom. The predicted molar refractivity (Wildman–Crippen MR) is 108 cm³/mol. The van der Waals surface area contributed by atoms with Crippen molar-refractivity contribution in [3.05, 3.63) is 28.8 Å². The highest BCUT2D eigenvalue weighted by Gasteiger charge is 2.34. The molecular weight excluding hydrogens is 418 g/mol. The number of amides is 2. The third-order valence-corrected chi connectivity index (χ3v) is 7.51. The van der Waals surface area contributed by atoms with Crippen molar-refractivity contribution in [1.82, 2.24) is 14.1 Å². The summed E-state index contributed by atoms with van der Waals surface area (Å²) in [5.74, 6) is -0.295. The monoisotopic (exact) mass is 443 g/mol. The summed E-state index contributed by atoms with van der Waals surface area (Å²) in [6.07, 6.45) is -0.454. The number of piperazine rings is 1. The zero-order valence-electron chi connectivity index (χ0n) is 16.8. The predicted octanol–water partition coefficient (Wildman–Crippen LogP) is 1.44. The molecule has 2 aliphatic heterocycles. The van der Waals surface area contributed by atoms with E-state index in [2.05, 4.69) is 0 Å². The molecule has 2 atom stereocenters. The van der Waals surface area contributed by atoms with Crippen LogP contribution in [-0.4, -0.2) is 85.8 Å². The Hall–Kier alpha value is -1.68. The van der Waals surface area contributed by atoms with Crippen molar-refractivity contribution in [2.24, 2.45) is 0 Å². The lowest BCUT2D eigenvalue weighted by Crippen LogP contribution is -2.50. The van der Waals surface area contributed by atoms with E-state index in [4.69, 9.17) is 16.3 Å². The molecule has 1 aromatic carbocycles. The first-order valence-electron chi connectivity index (χ1n) is 9.59. The Bertz CT molecular complexity index is 889. The number of hydrogen-bond donors (Lipinski definition) is 0. The number of nitrogens with zero attached hydrogens (tertiary/aromatic N) is 3. The number of carbonyl (C=O) groups is 2. The first-order valence-corrected chi connectivity index (χ1v) is 11.4. The van der Waals surface area contributed by atoms with Gasteiger partial charge in [0.1, 0.15) is 4.90 Å². The summed E-state index contributed by atoms with van der Waals surface area (Å²) < 4.78 is 33.3. The van der Waals surface area contributed by atoms with Crippen LogP contribution in [0.15, 0.2) is 23.1 Å². The van der Waals surface area contributed by atoms with Gasteiger partial charge in [-0.2, -0.15) is 4.31 Å². The van der Waals surface area contributed by atoms with Gasteiger partial charge in [-0.15, -0.1) is 0 Å². The van der Waals surface area contributed by atoms with Crippen molar-refractivity contribution in [3.63, 3.8) is 0 Å². The van der Waals surface area contributed by atoms with Gasteiger partial charge in [-0.3, -0.25) is 9.59 Å². The average molecular weight is 444 g/mol. The van der Waals surface area contributed by atoms with Gasteiger partial charge >= 0.3 is 0 Å². The number of morpholine rings is 1. The maximum atomic E-state index is 13.2. The Morgan fingerprint density at radius 2 is 1.59 bits per heavy atom. The van der Waals surface area contributed by atoms with Crippen LogP contribution in [0.2, 0.25) is 5.02 Å². The van der Waals surface area contributed by atoms with E-state index in [-0.39, 0.29) is 52.6 Å². The summed E-state index contributed by atoms with van der Waals surface area (Å²) >= 11 is 6.21. The number of sulfonamides is 1. The molecule has 2 amide bonds. The summed E-state index contributed by atoms with van der Waals surface area (Å²) in [6.45, 7) is 7.33. The van der Waals surface area contributed by atoms with Crippen LogP contribution in [0.1, 0.15) is 31.1 Å². The molecular formula is C19H26ClN3O5S. The quantitative estimate of drug-likeness (QED) is 0.705. The molecule has 2 heterocycles. The van der Waals surface area contributed by atoms with Crippen LogP contribution < -0.4 is 0 Å². The lowest BCUT2D eigenvalue weighted by Gasteiger charge is -2.35. The fourth-order valence-electron chi connectivity index (χ4n) is 3.71. The minimum absolute atomic E-state index is 0.0223. The van der Waals surface area contributed by atoms with Gasteiger partial charge in [-0.05, 0) is 32.0 Å². The fraction of sp³-hybridized carbons (Fsp3) is 0.579. The number of hydrogen-bond acceptors (Lipinski definition) is 5. The highest BCUT2D eigenvalue weighted by molar-refractivity contribution is 7.89. The molecule has 2 aliphatic rings. The molecule has 0 aliphatic carbocycles. The summed E-state index contributed by atoms with van der Waals surface area (Å²) in [6, 6.07) is 4.33. The third kappa shape index (κ3) is 4.74. The number of ether oxygens (including phenoxy) is 1. The number of rotatable bonds is 3. The van der Waals surface area contributed by atoms with Crippen LogP contribution in [0.5, 0.6) is 0 Å². The van der Waals surface area contributed by atoms with Gasteiger partial charge in [0.2, 0.25) is 15.9 Å². The lowest BCUT2D eigenvalue weighted by atomic mass is 10.2. The molecule has 29 heavy (non-hydrogen) atoms. The first-order chi connectivity index (χ1) is 13.6. The van der Waals surface area contributed by atoms with Crippen LogP contribution >= 0.6 is 11.6 Å². The highest BCUT2D eigenvalue weighted by Crippen LogP contribution is 2.28. The van der Waals surface area contributed by atoms with Gasteiger partial charge in [-0.1, -0.05) is 11.6 Å². The summed E-state index contributed by atoms with van der Waals surface area (Å²) in [4.78, 5) is 27.6. The Labute approximate surface area is 176 Å². The molecule has 10 heteroatoms. The molecule has 2 fully saturated rings. The Balaban J connectivity index is 1.83. The van der Waals surface area contributed by atoms with Gasteiger partial charge in [0.15, 0.2) is 0 Å². The second kappa shape index (κ2) is 8.59. The molecule has 2 saturated heterocycles. The SMILES string of the molecule is CC(=O)N1CCN(C(=O)c2ccc(Cl)c(S(=O)(=O)N3C[C@@H](C)O[C@H](C)C3)c2)CC1. The van der Waals surface area contributed by atoms with E-state index < -0.39 is 10.0 Å². The minimum atomic E-state index is -3.87. The van der Waals surface area contributed by atoms with E-state index in [0.29, 0.717) is 26.2 Å². The van der Waals surface area contributed by atoms with Crippen LogP contribution in [0.3, 0.4) is 0 Å². The zero-order valence-corrected chi connectivity index (χ0v) is 18.4. The molecule has 8 nitrogen and oxygen atoms in total. The average Bonchev–Trinajstić information content (AvgIpc) is 2.67. The fourth-order valence-corrected chi connectivity index (χ4v) is 5.80. The van der Waals surface area contributed by atoms with Crippen molar-refractivity contribution in [1.29, 1.82) is 0 Å². The molecule has 0 aromatic heterocycles. The summed E-state index contributed by atoms with van der Waals surface area (Å²) in [5.41, 5.74) is 0.263. The summed E-state index contributed by atoms with van der Waals surface area (Å²) in [5, 5.41) is 0.0785. The lowest BCUT2D eigenvalue weighted by molar-refractivity contribution is -0.130. The second-order valence-electron chi connectivity index (χ2n) is 7.52. The molecule has 160 valence electrons. The van der Waals surface area contributed by atoms with Gasteiger partial charge in [0.05, 0.1) is 17.2 Å². The maximum Gasteiger partial charge on any atom is 0.254 e. The molecule has 0 saturated carbocycles. The zero-order chi connectivity index (χ0) is 21.3. The van der Waals surface area contributed by atoms with E-state index >= 15 is 0 Å². The topological polar surface area (TPSA) is 87.2 Å².